The second-order valence-electron chi connectivity index (χ2n) is 6.73. The first-order chi connectivity index (χ1) is 10.3. The lowest BCUT2D eigenvalue weighted by molar-refractivity contribution is 0.00951. The first kappa shape index (κ1) is 16.8. The molecule has 1 unspecified atom stereocenters. The standard InChI is InChI=1S/C16H24BNO4/c1-16(2,3)22-15(19)18-11-5-4-6-14(18)12-7-9-13(10-8-12)17(20)21/h7-10,14,20-21H,4-6,11H2,1-3H3. The minimum absolute atomic E-state index is 0.0199. The van der Waals surface area contributed by atoms with Gasteiger partial charge < -0.3 is 19.7 Å². The third-order valence-electron chi connectivity index (χ3n) is 3.75. The van der Waals surface area contributed by atoms with Gasteiger partial charge in [0, 0.05) is 6.54 Å². The summed E-state index contributed by atoms with van der Waals surface area (Å²) in [7, 11) is -1.47. The number of hydrogen-bond acceptors (Lipinski definition) is 4. The number of ether oxygens (including phenoxy) is 1. The second kappa shape index (κ2) is 6.71. The molecule has 0 spiro atoms. The Kier molecular flexibility index (Phi) is 5.14. The van der Waals surface area contributed by atoms with Gasteiger partial charge in [0.15, 0.2) is 0 Å². The van der Waals surface area contributed by atoms with Crippen LogP contribution in [-0.2, 0) is 4.74 Å². The third-order valence-corrected chi connectivity index (χ3v) is 3.75. The van der Waals surface area contributed by atoms with Crippen LogP contribution in [0.2, 0.25) is 0 Å². The Bertz CT molecular complexity index is 510. The Morgan fingerprint density at radius 3 is 2.41 bits per heavy atom. The van der Waals surface area contributed by atoms with E-state index in [-0.39, 0.29) is 12.1 Å². The van der Waals surface area contributed by atoms with Crippen molar-refractivity contribution < 1.29 is 19.6 Å². The van der Waals surface area contributed by atoms with E-state index in [4.69, 9.17) is 14.8 Å². The number of likely N-dealkylation sites (tertiary alicyclic amines) is 1. The van der Waals surface area contributed by atoms with Crippen LogP contribution in [0.25, 0.3) is 0 Å². The van der Waals surface area contributed by atoms with Crippen LogP contribution in [0.3, 0.4) is 0 Å². The highest BCUT2D eigenvalue weighted by atomic mass is 16.6. The number of hydrogen-bond donors (Lipinski definition) is 2. The Balaban J connectivity index is 2.17. The molecule has 0 saturated carbocycles. The van der Waals surface area contributed by atoms with E-state index in [1.807, 2.05) is 32.9 Å². The van der Waals surface area contributed by atoms with Gasteiger partial charge in [-0.3, -0.25) is 0 Å². The smallest absolute Gasteiger partial charge is 0.444 e. The van der Waals surface area contributed by atoms with Crippen LogP contribution in [0.4, 0.5) is 4.79 Å². The van der Waals surface area contributed by atoms with E-state index < -0.39 is 12.7 Å². The van der Waals surface area contributed by atoms with Crippen molar-refractivity contribution in [2.24, 2.45) is 0 Å². The molecule has 0 bridgehead atoms. The van der Waals surface area contributed by atoms with Gasteiger partial charge in [-0.1, -0.05) is 24.3 Å². The monoisotopic (exact) mass is 305 g/mol. The topological polar surface area (TPSA) is 70.0 Å². The fourth-order valence-corrected chi connectivity index (χ4v) is 2.71. The summed E-state index contributed by atoms with van der Waals surface area (Å²) in [5.74, 6) is 0. The molecule has 1 aromatic rings. The molecule has 0 aliphatic carbocycles. The van der Waals surface area contributed by atoms with Crippen molar-refractivity contribution in [3.05, 3.63) is 29.8 Å². The molecule has 1 aliphatic heterocycles. The van der Waals surface area contributed by atoms with Crippen LogP contribution < -0.4 is 5.46 Å². The Labute approximate surface area is 132 Å². The van der Waals surface area contributed by atoms with Gasteiger partial charge in [0.05, 0.1) is 6.04 Å². The average Bonchev–Trinajstić information content (AvgIpc) is 2.45. The van der Waals surface area contributed by atoms with E-state index in [9.17, 15) is 4.79 Å². The highest BCUT2D eigenvalue weighted by Gasteiger charge is 2.31. The molecule has 2 N–H and O–H groups in total. The van der Waals surface area contributed by atoms with Crippen molar-refractivity contribution in [1.29, 1.82) is 0 Å². The molecule has 0 aromatic heterocycles. The lowest BCUT2D eigenvalue weighted by Gasteiger charge is -2.37. The Morgan fingerprint density at radius 1 is 1.23 bits per heavy atom. The second-order valence-corrected chi connectivity index (χ2v) is 6.73. The van der Waals surface area contributed by atoms with E-state index in [0.29, 0.717) is 12.0 Å². The molecule has 1 atom stereocenters. The van der Waals surface area contributed by atoms with Crippen molar-refractivity contribution in [1.82, 2.24) is 4.90 Å². The maximum atomic E-state index is 12.4. The van der Waals surface area contributed by atoms with Gasteiger partial charge in [0.1, 0.15) is 5.60 Å². The number of piperidine rings is 1. The fraction of sp³-hybridized carbons (Fsp3) is 0.562. The van der Waals surface area contributed by atoms with Crippen molar-refractivity contribution >= 4 is 18.7 Å². The minimum Gasteiger partial charge on any atom is -0.444 e. The van der Waals surface area contributed by atoms with Gasteiger partial charge in [-0.2, -0.15) is 0 Å². The van der Waals surface area contributed by atoms with Crippen LogP contribution in [0.5, 0.6) is 0 Å². The van der Waals surface area contributed by atoms with Crippen molar-refractivity contribution in [3.63, 3.8) is 0 Å². The molecular weight excluding hydrogens is 281 g/mol. The summed E-state index contributed by atoms with van der Waals surface area (Å²) in [6.07, 6.45) is 2.64. The first-order valence-corrected chi connectivity index (χ1v) is 7.73. The molecule has 2 rings (SSSR count). The summed E-state index contributed by atoms with van der Waals surface area (Å²) in [6.45, 7) is 6.27. The van der Waals surface area contributed by atoms with Crippen molar-refractivity contribution in [3.8, 4) is 0 Å². The molecule has 22 heavy (non-hydrogen) atoms. The molecule has 1 aromatic carbocycles. The number of nitrogens with zero attached hydrogens (tertiary/aromatic N) is 1. The number of benzene rings is 1. The van der Waals surface area contributed by atoms with Crippen LogP contribution in [-0.4, -0.2) is 40.3 Å². The average molecular weight is 305 g/mol. The van der Waals surface area contributed by atoms with Gasteiger partial charge in [-0.15, -0.1) is 0 Å². The molecule has 1 aliphatic rings. The number of amides is 1. The highest BCUT2D eigenvalue weighted by Crippen LogP contribution is 2.31. The maximum absolute atomic E-state index is 12.4. The predicted molar refractivity (Wildman–Crippen MR) is 85.8 cm³/mol. The largest absolute Gasteiger partial charge is 0.488 e. The third kappa shape index (κ3) is 4.24. The summed E-state index contributed by atoms with van der Waals surface area (Å²) in [5.41, 5.74) is 0.933. The molecule has 1 heterocycles. The lowest BCUT2D eigenvalue weighted by Crippen LogP contribution is -2.42. The molecule has 0 radical (unpaired) electrons. The van der Waals surface area contributed by atoms with Gasteiger partial charge in [0.2, 0.25) is 0 Å². The summed E-state index contributed by atoms with van der Waals surface area (Å²) >= 11 is 0. The van der Waals surface area contributed by atoms with Crippen molar-refractivity contribution in [2.75, 3.05) is 6.54 Å². The molecular formula is C16H24BNO4. The summed E-state index contributed by atoms with van der Waals surface area (Å²) < 4.78 is 5.50. The molecule has 1 amide bonds. The number of carbonyl (C=O) groups excluding carboxylic acids is 1. The number of rotatable bonds is 2. The van der Waals surface area contributed by atoms with Crippen LogP contribution in [0.15, 0.2) is 24.3 Å². The van der Waals surface area contributed by atoms with E-state index in [2.05, 4.69) is 0 Å². The van der Waals surface area contributed by atoms with Crippen LogP contribution in [0, 0.1) is 0 Å². The zero-order chi connectivity index (χ0) is 16.3. The summed E-state index contributed by atoms with van der Waals surface area (Å²) in [4.78, 5) is 14.2. The first-order valence-electron chi connectivity index (χ1n) is 7.73. The summed E-state index contributed by atoms with van der Waals surface area (Å²) in [6, 6.07) is 7.04. The Morgan fingerprint density at radius 2 is 1.86 bits per heavy atom. The molecule has 6 heteroatoms. The maximum Gasteiger partial charge on any atom is 0.488 e. The highest BCUT2D eigenvalue weighted by molar-refractivity contribution is 6.58. The van der Waals surface area contributed by atoms with Crippen LogP contribution in [0.1, 0.15) is 51.6 Å². The van der Waals surface area contributed by atoms with Gasteiger partial charge in [-0.05, 0) is 51.1 Å². The zero-order valence-corrected chi connectivity index (χ0v) is 13.5. The molecule has 1 saturated heterocycles. The molecule has 120 valence electrons. The van der Waals surface area contributed by atoms with Crippen LogP contribution >= 0.6 is 0 Å². The molecule has 1 fully saturated rings. The quantitative estimate of drug-likeness (QED) is 0.818. The van der Waals surface area contributed by atoms with Gasteiger partial charge in [0.25, 0.3) is 0 Å². The number of carbonyl (C=O) groups is 1. The minimum atomic E-state index is -1.47. The summed E-state index contributed by atoms with van der Waals surface area (Å²) in [5, 5.41) is 18.3. The van der Waals surface area contributed by atoms with E-state index in [0.717, 1.165) is 24.8 Å². The van der Waals surface area contributed by atoms with Crippen molar-refractivity contribution in [2.45, 2.75) is 51.7 Å². The normalized spacial score (nSPS) is 19.0. The lowest BCUT2D eigenvalue weighted by atomic mass is 9.79. The van der Waals surface area contributed by atoms with E-state index in [1.54, 1.807) is 17.0 Å². The van der Waals surface area contributed by atoms with Gasteiger partial charge in [-0.25, -0.2) is 4.79 Å². The SMILES string of the molecule is CC(C)(C)OC(=O)N1CCCCC1c1ccc(B(O)O)cc1. The molecule has 5 nitrogen and oxygen atoms in total. The van der Waals surface area contributed by atoms with Gasteiger partial charge >= 0.3 is 13.2 Å². The predicted octanol–water partition coefficient (Wildman–Crippen LogP) is 1.83. The van der Waals surface area contributed by atoms with E-state index >= 15 is 0 Å². The van der Waals surface area contributed by atoms with E-state index in [1.165, 1.54) is 0 Å². The fourth-order valence-electron chi connectivity index (χ4n) is 2.71. The zero-order valence-electron chi connectivity index (χ0n) is 13.5. The Hall–Kier alpha value is -1.53.